The Morgan fingerprint density at radius 1 is 1.31 bits per heavy atom. The molecule has 3 heteroatoms. The summed E-state index contributed by atoms with van der Waals surface area (Å²) >= 11 is 1.79. The minimum absolute atomic E-state index is 0.102. The normalized spacial score (nSPS) is 12.4. The Morgan fingerprint density at radius 2 is 1.94 bits per heavy atom. The Bertz CT molecular complexity index is 334. The van der Waals surface area contributed by atoms with Crippen molar-refractivity contribution >= 4 is 17.5 Å². The Balaban J connectivity index is 2.69. The van der Waals surface area contributed by atoms with E-state index in [0.29, 0.717) is 0 Å². The van der Waals surface area contributed by atoms with Crippen LogP contribution in [-0.4, -0.2) is 24.1 Å². The molecule has 0 aromatic heterocycles. The first-order valence-corrected chi connectivity index (χ1v) is 6.68. The SMILES string of the molecule is CCNC(C)C(=O)c1ccc(SCC)cc1. The minimum atomic E-state index is -0.102. The molecule has 0 bridgehead atoms. The monoisotopic (exact) mass is 237 g/mol. The third-order valence-corrected chi connectivity index (χ3v) is 3.25. The van der Waals surface area contributed by atoms with Gasteiger partial charge in [0.15, 0.2) is 5.78 Å². The van der Waals surface area contributed by atoms with Crippen LogP contribution in [0.5, 0.6) is 0 Å². The van der Waals surface area contributed by atoms with E-state index in [1.807, 2.05) is 38.1 Å². The topological polar surface area (TPSA) is 29.1 Å². The molecule has 0 radical (unpaired) electrons. The number of ketones is 1. The average Bonchev–Trinajstić information content (AvgIpc) is 2.30. The van der Waals surface area contributed by atoms with E-state index in [4.69, 9.17) is 0 Å². The van der Waals surface area contributed by atoms with Gasteiger partial charge in [0, 0.05) is 10.5 Å². The van der Waals surface area contributed by atoms with Crippen molar-refractivity contribution in [2.45, 2.75) is 31.7 Å². The fraction of sp³-hybridized carbons (Fsp3) is 0.462. The van der Waals surface area contributed by atoms with Crippen molar-refractivity contribution in [3.8, 4) is 0 Å². The van der Waals surface area contributed by atoms with Crippen molar-refractivity contribution in [1.82, 2.24) is 5.32 Å². The number of hydrogen-bond acceptors (Lipinski definition) is 3. The van der Waals surface area contributed by atoms with Gasteiger partial charge in [-0.15, -0.1) is 11.8 Å². The van der Waals surface area contributed by atoms with Gasteiger partial charge in [-0.05, 0) is 31.4 Å². The highest BCUT2D eigenvalue weighted by atomic mass is 32.2. The maximum atomic E-state index is 11.9. The maximum absolute atomic E-state index is 11.9. The largest absolute Gasteiger partial charge is 0.308 e. The second kappa shape index (κ2) is 6.71. The molecule has 0 fully saturated rings. The van der Waals surface area contributed by atoms with Crippen molar-refractivity contribution in [2.75, 3.05) is 12.3 Å². The molecule has 0 saturated carbocycles. The highest BCUT2D eigenvalue weighted by Gasteiger charge is 2.13. The van der Waals surface area contributed by atoms with Crippen LogP contribution in [0, 0.1) is 0 Å². The van der Waals surface area contributed by atoms with Crippen molar-refractivity contribution in [3.63, 3.8) is 0 Å². The summed E-state index contributed by atoms with van der Waals surface area (Å²) < 4.78 is 0. The van der Waals surface area contributed by atoms with E-state index >= 15 is 0 Å². The molecule has 0 spiro atoms. The van der Waals surface area contributed by atoms with E-state index in [2.05, 4.69) is 12.2 Å². The van der Waals surface area contributed by atoms with Crippen LogP contribution in [-0.2, 0) is 0 Å². The predicted molar refractivity (Wildman–Crippen MR) is 70.3 cm³/mol. The van der Waals surface area contributed by atoms with E-state index in [9.17, 15) is 4.79 Å². The molecule has 0 aliphatic heterocycles. The molecule has 1 aromatic rings. The smallest absolute Gasteiger partial charge is 0.179 e. The zero-order chi connectivity index (χ0) is 12.0. The molecule has 1 N–H and O–H groups in total. The number of Topliss-reactive ketones (excluding diaryl/α,β-unsaturated/α-hetero) is 1. The molecule has 16 heavy (non-hydrogen) atoms. The standard InChI is InChI=1S/C13H19NOS/c1-4-14-10(3)13(15)11-6-8-12(9-7-11)16-5-2/h6-10,14H,4-5H2,1-3H3. The highest BCUT2D eigenvalue weighted by Crippen LogP contribution is 2.18. The van der Waals surface area contributed by atoms with Gasteiger partial charge in [-0.2, -0.15) is 0 Å². The summed E-state index contributed by atoms with van der Waals surface area (Å²) in [6.45, 7) is 6.85. The molecule has 1 unspecified atom stereocenters. The van der Waals surface area contributed by atoms with E-state index in [0.717, 1.165) is 17.9 Å². The van der Waals surface area contributed by atoms with E-state index < -0.39 is 0 Å². The second-order valence-corrected chi connectivity index (χ2v) is 4.94. The lowest BCUT2D eigenvalue weighted by molar-refractivity contribution is 0.0952. The van der Waals surface area contributed by atoms with Crippen LogP contribution in [0.4, 0.5) is 0 Å². The molecule has 88 valence electrons. The van der Waals surface area contributed by atoms with Gasteiger partial charge < -0.3 is 5.32 Å². The first kappa shape index (κ1) is 13.3. The summed E-state index contributed by atoms with van der Waals surface area (Å²) in [5.74, 6) is 1.22. The Kier molecular flexibility index (Phi) is 5.56. The molecule has 2 nitrogen and oxygen atoms in total. The quantitative estimate of drug-likeness (QED) is 0.609. The van der Waals surface area contributed by atoms with Crippen LogP contribution < -0.4 is 5.32 Å². The van der Waals surface area contributed by atoms with Gasteiger partial charge in [0.25, 0.3) is 0 Å². The molecule has 0 saturated heterocycles. The molecule has 1 rings (SSSR count). The minimum Gasteiger partial charge on any atom is -0.308 e. The van der Waals surface area contributed by atoms with Crippen molar-refractivity contribution in [1.29, 1.82) is 0 Å². The van der Waals surface area contributed by atoms with E-state index in [-0.39, 0.29) is 11.8 Å². The lowest BCUT2D eigenvalue weighted by Crippen LogP contribution is -2.33. The van der Waals surface area contributed by atoms with Gasteiger partial charge in [-0.25, -0.2) is 0 Å². The van der Waals surface area contributed by atoms with E-state index in [1.54, 1.807) is 11.8 Å². The Labute approximate surface area is 102 Å². The van der Waals surface area contributed by atoms with Crippen LogP contribution in [0.1, 0.15) is 31.1 Å². The van der Waals surface area contributed by atoms with Gasteiger partial charge in [-0.1, -0.05) is 26.0 Å². The molecule has 0 amide bonds. The zero-order valence-electron chi connectivity index (χ0n) is 10.1. The number of carbonyl (C=O) groups excluding carboxylic acids is 1. The van der Waals surface area contributed by atoms with Crippen LogP contribution in [0.3, 0.4) is 0 Å². The van der Waals surface area contributed by atoms with Crippen molar-refractivity contribution < 1.29 is 4.79 Å². The number of thioether (sulfide) groups is 1. The lowest BCUT2D eigenvalue weighted by atomic mass is 10.1. The van der Waals surface area contributed by atoms with Gasteiger partial charge in [0.1, 0.15) is 0 Å². The summed E-state index contributed by atoms with van der Waals surface area (Å²) in [4.78, 5) is 13.2. The third-order valence-electron chi connectivity index (χ3n) is 2.35. The molecule has 0 heterocycles. The molecular weight excluding hydrogens is 218 g/mol. The molecule has 1 atom stereocenters. The summed E-state index contributed by atoms with van der Waals surface area (Å²) in [7, 11) is 0. The summed E-state index contributed by atoms with van der Waals surface area (Å²) in [5.41, 5.74) is 0.786. The number of nitrogens with one attached hydrogen (secondary N) is 1. The first-order valence-electron chi connectivity index (χ1n) is 5.69. The van der Waals surface area contributed by atoms with Crippen LogP contribution in [0.15, 0.2) is 29.2 Å². The number of rotatable bonds is 6. The van der Waals surface area contributed by atoms with Crippen LogP contribution >= 0.6 is 11.8 Å². The predicted octanol–water partition coefficient (Wildman–Crippen LogP) is 2.98. The van der Waals surface area contributed by atoms with E-state index in [1.165, 1.54) is 4.90 Å². The summed E-state index contributed by atoms with van der Waals surface area (Å²) in [6.07, 6.45) is 0. The number of likely N-dealkylation sites (N-methyl/N-ethyl adjacent to an activating group) is 1. The Hall–Kier alpha value is -0.800. The molecule has 0 aliphatic rings. The number of hydrogen-bond donors (Lipinski definition) is 1. The van der Waals surface area contributed by atoms with Gasteiger partial charge in [0.05, 0.1) is 6.04 Å². The number of benzene rings is 1. The highest BCUT2D eigenvalue weighted by molar-refractivity contribution is 7.99. The molecular formula is C13H19NOS. The third kappa shape index (κ3) is 3.65. The van der Waals surface area contributed by atoms with Gasteiger partial charge >= 0.3 is 0 Å². The lowest BCUT2D eigenvalue weighted by Gasteiger charge is -2.11. The van der Waals surface area contributed by atoms with Crippen LogP contribution in [0.25, 0.3) is 0 Å². The van der Waals surface area contributed by atoms with Crippen molar-refractivity contribution in [2.24, 2.45) is 0 Å². The molecule has 1 aromatic carbocycles. The average molecular weight is 237 g/mol. The van der Waals surface area contributed by atoms with Gasteiger partial charge in [-0.3, -0.25) is 4.79 Å². The second-order valence-electron chi connectivity index (χ2n) is 3.60. The summed E-state index contributed by atoms with van der Waals surface area (Å²) in [5, 5.41) is 3.13. The van der Waals surface area contributed by atoms with Gasteiger partial charge in [0.2, 0.25) is 0 Å². The summed E-state index contributed by atoms with van der Waals surface area (Å²) in [6, 6.07) is 7.75. The Morgan fingerprint density at radius 3 is 2.44 bits per heavy atom. The van der Waals surface area contributed by atoms with Crippen LogP contribution in [0.2, 0.25) is 0 Å². The van der Waals surface area contributed by atoms with Crippen molar-refractivity contribution in [3.05, 3.63) is 29.8 Å². The maximum Gasteiger partial charge on any atom is 0.179 e. The molecule has 0 aliphatic carbocycles. The zero-order valence-corrected chi connectivity index (χ0v) is 10.9. The fourth-order valence-corrected chi connectivity index (χ4v) is 2.19. The number of carbonyl (C=O) groups is 1. The first-order chi connectivity index (χ1) is 7.69. The fourth-order valence-electron chi connectivity index (χ4n) is 1.53.